The minimum absolute atomic E-state index is 0.0949. The van der Waals surface area contributed by atoms with Crippen LogP contribution in [0.5, 0.6) is 0 Å². The Morgan fingerprint density at radius 2 is 1.95 bits per heavy atom. The highest BCUT2D eigenvalue weighted by molar-refractivity contribution is 5.16. The second-order valence-corrected chi connectivity index (χ2v) is 5.84. The monoisotopic (exact) mass is 300 g/mol. The van der Waals surface area contributed by atoms with Gasteiger partial charge in [-0.25, -0.2) is 0 Å². The Balaban J connectivity index is 1.94. The average molecular weight is 300 g/mol. The van der Waals surface area contributed by atoms with E-state index in [9.17, 15) is 13.2 Å². The highest BCUT2D eigenvalue weighted by Crippen LogP contribution is 2.21. The van der Waals surface area contributed by atoms with Crippen LogP contribution in [0.1, 0.15) is 25.3 Å². The van der Waals surface area contributed by atoms with Crippen molar-refractivity contribution in [2.24, 2.45) is 0 Å². The zero-order chi connectivity index (χ0) is 15.3. The molecule has 1 aliphatic heterocycles. The van der Waals surface area contributed by atoms with Gasteiger partial charge in [-0.1, -0.05) is 30.3 Å². The standard InChI is InChI=1S/C16H23F3N2/c1-13-7-9-20-15(11-14-5-3-2-4-6-14)12-21(13)10-8-16(17,18)19/h2-6,13,15,20H,7-12H2,1H3. The van der Waals surface area contributed by atoms with Crippen molar-refractivity contribution in [2.75, 3.05) is 19.6 Å². The molecule has 1 heterocycles. The van der Waals surface area contributed by atoms with Gasteiger partial charge in [-0.05, 0) is 31.9 Å². The number of hydrogen-bond donors (Lipinski definition) is 1. The largest absolute Gasteiger partial charge is 0.390 e. The van der Waals surface area contributed by atoms with E-state index < -0.39 is 12.6 Å². The van der Waals surface area contributed by atoms with Crippen LogP contribution in [0.4, 0.5) is 13.2 Å². The van der Waals surface area contributed by atoms with E-state index in [2.05, 4.69) is 17.4 Å². The van der Waals surface area contributed by atoms with Crippen LogP contribution in [0.15, 0.2) is 30.3 Å². The molecular formula is C16H23F3N2. The summed E-state index contributed by atoms with van der Waals surface area (Å²) in [6.07, 6.45) is -3.05. The number of rotatable bonds is 4. The summed E-state index contributed by atoms with van der Waals surface area (Å²) in [5.74, 6) is 0. The molecule has 0 bridgehead atoms. The third-order valence-corrected chi connectivity index (χ3v) is 4.08. The van der Waals surface area contributed by atoms with E-state index in [0.717, 1.165) is 19.4 Å². The third-order valence-electron chi connectivity index (χ3n) is 4.08. The lowest BCUT2D eigenvalue weighted by Crippen LogP contribution is -2.42. The molecule has 0 radical (unpaired) electrons. The molecule has 0 amide bonds. The Morgan fingerprint density at radius 3 is 2.62 bits per heavy atom. The highest BCUT2D eigenvalue weighted by Gasteiger charge is 2.30. The van der Waals surface area contributed by atoms with Gasteiger partial charge in [0, 0.05) is 25.2 Å². The molecule has 2 nitrogen and oxygen atoms in total. The second-order valence-electron chi connectivity index (χ2n) is 5.84. The summed E-state index contributed by atoms with van der Waals surface area (Å²) >= 11 is 0. The Morgan fingerprint density at radius 1 is 1.24 bits per heavy atom. The van der Waals surface area contributed by atoms with E-state index in [1.165, 1.54) is 5.56 Å². The van der Waals surface area contributed by atoms with Crippen LogP contribution in [0.2, 0.25) is 0 Å². The van der Waals surface area contributed by atoms with Crippen LogP contribution in [0.3, 0.4) is 0 Å². The molecule has 0 spiro atoms. The third kappa shape index (κ3) is 5.67. The summed E-state index contributed by atoms with van der Waals surface area (Å²) < 4.78 is 37.3. The first kappa shape index (κ1) is 16.3. The van der Waals surface area contributed by atoms with Gasteiger partial charge >= 0.3 is 6.18 Å². The van der Waals surface area contributed by atoms with Gasteiger partial charge in [0.25, 0.3) is 0 Å². The van der Waals surface area contributed by atoms with Gasteiger partial charge in [0.15, 0.2) is 0 Å². The number of nitrogens with one attached hydrogen (secondary N) is 1. The molecule has 5 heteroatoms. The first-order valence-electron chi connectivity index (χ1n) is 7.52. The molecule has 118 valence electrons. The highest BCUT2D eigenvalue weighted by atomic mass is 19.4. The molecule has 1 saturated heterocycles. The lowest BCUT2D eigenvalue weighted by atomic mass is 10.1. The summed E-state index contributed by atoms with van der Waals surface area (Å²) in [7, 11) is 0. The minimum atomic E-state index is -4.08. The number of benzene rings is 1. The molecular weight excluding hydrogens is 277 g/mol. The van der Waals surface area contributed by atoms with Crippen molar-refractivity contribution < 1.29 is 13.2 Å². The van der Waals surface area contributed by atoms with Gasteiger partial charge in [0.1, 0.15) is 0 Å². The van der Waals surface area contributed by atoms with E-state index in [0.29, 0.717) is 6.54 Å². The van der Waals surface area contributed by atoms with E-state index >= 15 is 0 Å². The van der Waals surface area contributed by atoms with Crippen molar-refractivity contribution in [2.45, 2.75) is 44.4 Å². The van der Waals surface area contributed by atoms with Crippen molar-refractivity contribution in [3.05, 3.63) is 35.9 Å². The maximum Gasteiger partial charge on any atom is 0.390 e. The number of alkyl halides is 3. The first-order valence-corrected chi connectivity index (χ1v) is 7.52. The molecule has 0 saturated carbocycles. The van der Waals surface area contributed by atoms with Crippen LogP contribution in [-0.4, -0.2) is 42.8 Å². The molecule has 0 aromatic heterocycles. The van der Waals surface area contributed by atoms with Crippen LogP contribution in [0.25, 0.3) is 0 Å². The van der Waals surface area contributed by atoms with Crippen molar-refractivity contribution in [1.29, 1.82) is 0 Å². The fourth-order valence-corrected chi connectivity index (χ4v) is 2.82. The molecule has 1 aromatic rings. The summed E-state index contributed by atoms with van der Waals surface area (Å²) in [5.41, 5.74) is 1.22. The molecule has 1 aromatic carbocycles. The molecule has 2 rings (SSSR count). The SMILES string of the molecule is CC1CCNC(Cc2ccccc2)CN1CCC(F)(F)F. The number of nitrogens with zero attached hydrogens (tertiary/aromatic N) is 1. The van der Waals surface area contributed by atoms with Gasteiger partial charge in [0.05, 0.1) is 6.42 Å². The number of hydrogen-bond acceptors (Lipinski definition) is 2. The van der Waals surface area contributed by atoms with Gasteiger partial charge in [-0.15, -0.1) is 0 Å². The predicted molar refractivity (Wildman–Crippen MR) is 78.3 cm³/mol. The zero-order valence-corrected chi connectivity index (χ0v) is 12.4. The molecule has 2 unspecified atom stereocenters. The van der Waals surface area contributed by atoms with E-state index in [-0.39, 0.29) is 18.6 Å². The van der Waals surface area contributed by atoms with Crippen LogP contribution < -0.4 is 5.32 Å². The van der Waals surface area contributed by atoms with Gasteiger partial charge in [-0.3, -0.25) is 4.90 Å². The Labute approximate surface area is 124 Å². The normalized spacial score (nSPS) is 24.8. The van der Waals surface area contributed by atoms with E-state index in [1.807, 2.05) is 30.0 Å². The van der Waals surface area contributed by atoms with Gasteiger partial charge in [0.2, 0.25) is 0 Å². The summed E-state index contributed by atoms with van der Waals surface area (Å²) in [5, 5.41) is 3.46. The van der Waals surface area contributed by atoms with E-state index in [1.54, 1.807) is 0 Å². The summed E-state index contributed by atoms with van der Waals surface area (Å²) in [6.45, 7) is 3.65. The molecule has 0 aliphatic carbocycles. The maximum absolute atomic E-state index is 12.4. The van der Waals surface area contributed by atoms with Crippen molar-refractivity contribution in [3.63, 3.8) is 0 Å². The number of halogens is 3. The molecule has 1 N–H and O–H groups in total. The zero-order valence-electron chi connectivity index (χ0n) is 12.4. The lowest BCUT2D eigenvalue weighted by molar-refractivity contribution is -0.139. The molecule has 1 aliphatic rings. The van der Waals surface area contributed by atoms with Crippen molar-refractivity contribution >= 4 is 0 Å². The van der Waals surface area contributed by atoms with Gasteiger partial charge < -0.3 is 5.32 Å². The van der Waals surface area contributed by atoms with Crippen molar-refractivity contribution in [3.8, 4) is 0 Å². The maximum atomic E-state index is 12.4. The predicted octanol–water partition coefficient (Wildman–Crippen LogP) is 3.23. The fourth-order valence-electron chi connectivity index (χ4n) is 2.82. The minimum Gasteiger partial charge on any atom is -0.312 e. The second kappa shape index (κ2) is 7.27. The Hall–Kier alpha value is -1.07. The van der Waals surface area contributed by atoms with Crippen LogP contribution >= 0.6 is 0 Å². The summed E-state index contributed by atoms with van der Waals surface area (Å²) in [6, 6.07) is 10.5. The molecule has 21 heavy (non-hydrogen) atoms. The summed E-state index contributed by atoms with van der Waals surface area (Å²) in [4.78, 5) is 1.97. The average Bonchev–Trinajstić information content (AvgIpc) is 2.59. The fraction of sp³-hybridized carbons (Fsp3) is 0.625. The lowest BCUT2D eigenvalue weighted by Gasteiger charge is -2.29. The van der Waals surface area contributed by atoms with Gasteiger partial charge in [-0.2, -0.15) is 13.2 Å². The van der Waals surface area contributed by atoms with Crippen molar-refractivity contribution in [1.82, 2.24) is 10.2 Å². The van der Waals surface area contributed by atoms with Crippen LogP contribution in [-0.2, 0) is 6.42 Å². The molecule has 1 fully saturated rings. The first-order chi connectivity index (χ1) is 9.94. The Bertz CT molecular complexity index is 419. The van der Waals surface area contributed by atoms with E-state index in [4.69, 9.17) is 0 Å². The van der Waals surface area contributed by atoms with Crippen LogP contribution in [0, 0.1) is 0 Å². The molecule has 2 atom stereocenters. The smallest absolute Gasteiger partial charge is 0.312 e. The topological polar surface area (TPSA) is 15.3 Å². The Kier molecular flexibility index (Phi) is 5.65. The quantitative estimate of drug-likeness (QED) is 0.918.